The SMILES string of the molecule is CNc1cc(NCC2CCCO2)ccn1. The first-order valence-electron chi connectivity index (χ1n) is 5.38. The molecule has 0 amide bonds. The van der Waals surface area contributed by atoms with Gasteiger partial charge in [0.2, 0.25) is 0 Å². The molecule has 0 aromatic carbocycles. The molecular weight excluding hydrogens is 190 g/mol. The molecule has 1 saturated heterocycles. The van der Waals surface area contributed by atoms with Crippen molar-refractivity contribution in [3.05, 3.63) is 18.3 Å². The van der Waals surface area contributed by atoms with E-state index in [4.69, 9.17) is 4.74 Å². The number of rotatable bonds is 4. The van der Waals surface area contributed by atoms with Crippen LogP contribution in [0.4, 0.5) is 11.5 Å². The largest absolute Gasteiger partial charge is 0.382 e. The molecule has 82 valence electrons. The zero-order chi connectivity index (χ0) is 10.5. The first-order chi connectivity index (χ1) is 7.38. The Morgan fingerprint density at radius 3 is 3.27 bits per heavy atom. The van der Waals surface area contributed by atoms with Crippen molar-refractivity contribution < 1.29 is 4.74 Å². The number of nitrogens with one attached hydrogen (secondary N) is 2. The maximum Gasteiger partial charge on any atom is 0.127 e. The van der Waals surface area contributed by atoms with Crippen LogP contribution in [-0.4, -0.2) is 31.3 Å². The van der Waals surface area contributed by atoms with E-state index < -0.39 is 0 Å². The van der Waals surface area contributed by atoms with Crippen LogP contribution in [0.5, 0.6) is 0 Å². The normalized spacial score (nSPS) is 20.2. The first kappa shape index (κ1) is 10.2. The van der Waals surface area contributed by atoms with Crippen molar-refractivity contribution in [3.63, 3.8) is 0 Å². The molecule has 2 rings (SSSR count). The number of anilines is 2. The third kappa shape index (κ3) is 2.83. The Balaban J connectivity index is 1.86. The minimum absolute atomic E-state index is 0.371. The highest BCUT2D eigenvalue weighted by molar-refractivity contribution is 5.51. The molecule has 1 aliphatic heterocycles. The summed E-state index contributed by atoms with van der Waals surface area (Å²) < 4.78 is 5.54. The lowest BCUT2D eigenvalue weighted by atomic mass is 10.2. The minimum Gasteiger partial charge on any atom is -0.382 e. The van der Waals surface area contributed by atoms with E-state index in [1.54, 1.807) is 6.20 Å². The topological polar surface area (TPSA) is 46.2 Å². The van der Waals surface area contributed by atoms with Gasteiger partial charge < -0.3 is 15.4 Å². The summed E-state index contributed by atoms with van der Waals surface area (Å²) >= 11 is 0. The van der Waals surface area contributed by atoms with Crippen LogP contribution >= 0.6 is 0 Å². The number of hydrogen-bond acceptors (Lipinski definition) is 4. The number of aromatic nitrogens is 1. The standard InChI is InChI=1S/C11H17N3O/c1-12-11-7-9(4-5-13-11)14-8-10-3-2-6-15-10/h4-5,7,10H,2-3,6,8H2,1H3,(H2,12,13,14). The third-order valence-electron chi connectivity index (χ3n) is 2.57. The number of hydrogen-bond donors (Lipinski definition) is 2. The first-order valence-corrected chi connectivity index (χ1v) is 5.38. The third-order valence-corrected chi connectivity index (χ3v) is 2.57. The van der Waals surface area contributed by atoms with Gasteiger partial charge in [-0.3, -0.25) is 0 Å². The molecule has 0 aliphatic carbocycles. The Morgan fingerprint density at radius 2 is 2.53 bits per heavy atom. The molecule has 1 unspecified atom stereocenters. The van der Waals surface area contributed by atoms with E-state index in [-0.39, 0.29) is 0 Å². The van der Waals surface area contributed by atoms with Crippen LogP contribution < -0.4 is 10.6 Å². The molecule has 0 saturated carbocycles. The maximum atomic E-state index is 5.54. The second-order valence-electron chi connectivity index (χ2n) is 3.70. The summed E-state index contributed by atoms with van der Waals surface area (Å²) in [6, 6.07) is 3.96. The number of pyridine rings is 1. The molecule has 1 aromatic heterocycles. The molecule has 0 bridgehead atoms. The summed E-state index contributed by atoms with van der Waals surface area (Å²) in [7, 11) is 1.87. The van der Waals surface area contributed by atoms with Crippen molar-refractivity contribution in [2.24, 2.45) is 0 Å². The van der Waals surface area contributed by atoms with Crippen molar-refractivity contribution in [2.45, 2.75) is 18.9 Å². The highest BCUT2D eigenvalue weighted by Crippen LogP contribution is 2.15. The van der Waals surface area contributed by atoms with Crippen LogP contribution in [0.15, 0.2) is 18.3 Å². The minimum atomic E-state index is 0.371. The number of ether oxygens (including phenoxy) is 1. The van der Waals surface area contributed by atoms with Crippen LogP contribution in [0.25, 0.3) is 0 Å². The van der Waals surface area contributed by atoms with Gasteiger partial charge in [0.15, 0.2) is 0 Å². The molecular formula is C11H17N3O. The Kier molecular flexibility index (Phi) is 3.40. The fourth-order valence-electron chi connectivity index (χ4n) is 1.71. The van der Waals surface area contributed by atoms with Gasteiger partial charge >= 0.3 is 0 Å². The van der Waals surface area contributed by atoms with E-state index in [9.17, 15) is 0 Å². The average Bonchev–Trinajstić information content (AvgIpc) is 2.79. The highest BCUT2D eigenvalue weighted by Gasteiger charge is 2.14. The van der Waals surface area contributed by atoms with Gasteiger partial charge in [0.1, 0.15) is 5.82 Å². The van der Waals surface area contributed by atoms with Crippen LogP contribution in [0.1, 0.15) is 12.8 Å². The molecule has 15 heavy (non-hydrogen) atoms. The quantitative estimate of drug-likeness (QED) is 0.789. The lowest BCUT2D eigenvalue weighted by Gasteiger charge is -2.12. The monoisotopic (exact) mass is 207 g/mol. The summed E-state index contributed by atoms with van der Waals surface area (Å²) in [4.78, 5) is 4.16. The summed E-state index contributed by atoms with van der Waals surface area (Å²) in [5.74, 6) is 0.882. The summed E-state index contributed by atoms with van der Waals surface area (Å²) in [6.45, 7) is 1.79. The van der Waals surface area contributed by atoms with E-state index in [0.717, 1.165) is 31.1 Å². The molecule has 0 radical (unpaired) electrons. The van der Waals surface area contributed by atoms with Gasteiger partial charge in [0.25, 0.3) is 0 Å². The smallest absolute Gasteiger partial charge is 0.127 e. The molecule has 1 fully saturated rings. The highest BCUT2D eigenvalue weighted by atomic mass is 16.5. The van der Waals surface area contributed by atoms with E-state index in [2.05, 4.69) is 15.6 Å². The van der Waals surface area contributed by atoms with E-state index >= 15 is 0 Å². The van der Waals surface area contributed by atoms with Crippen LogP contribution in [0.2, 0.25) is 0 Å². The van der Waals surface area contributed by atoms with Gasteiger partial charge in [-0.1, -0.05) is 0 Å². The molecule has 2 N–H and O–H groups in total. The van der Waals surface area contributed by atoms with Crippen LogP contribution in [-0.2, 0) is 4.74 Å². The average molecular weight is 207 g/mol. The van der Waals surface area contributed by atoms with Crippen molar-refractivity contribution in [1.29, 1.82) is 0 Å². The second-order valence-corrected chi connectivity index (χ2v) is 3.70. The summed E-state index contributed by atoms with van der Waals surface area (Å²) in [5, 5.41) is 6.37. The Bertz CT molecular complexity index is 310. The molecule has 1 aromatic rings. The number of nitrogens with zero attached hydrogens (tertiary/aromatic N) is 1. The molecule has 2 heterocycles. The second kappa shape index (κ2) is 4.98. The van der Waals surface area contributed by atoms with Gasteiger partial charge in [-0.05, 0) is 18.9 Å². The summed E-state index contributed by atoms with van der Waals surface area (Å²) in [5.41, 5.74) is 1.09. The van der Waals surface area contributed by atoms with Crippen molar-refractivity contribution in [2.75, 3.05) is 30.8 Å². The molecule has 0 spiro atoms. The van der Waals surface area contributed by atoms with Crippen molar-refractivity contribution in [3.8, 4) is 0 Å². The lowest BCUT2D eigenvalue weighted by molar-refractivity contribution is 0.120. The predicted octanol–water partition coefficient (Wildman–Crippen LogP) is 1.71. The fraction of sp³-hybridized carbons (Fsp3) is 0.545. The Hall–Kier alpha value is -1.29. The van der Waals surface area contributed by atoms with E-state index in [1.165, 1.54) is 6.42 Å². The Morgan fingerprint density at radius 1 is 1.60 bits per heavy atom. The van der Waals surface area contributed by atoms with Crippen LogP contribution in [0, 0.1) is 0 Å². The molecule has 1 aliphatic rings. The van der Waals surface area contributed by atoms with Crippen molar-refractivity contribution >= 4 is 11.5 Å². The Labute approximate surface area is 90.0 Å². The van der Waals surface area contributed by atoms with Gasteiger partial charge in [0, 0.05) is 38.1 Å². The van der Waals surface area contributed by atoms with E-state index in [0.29, 0.717) is 6.10 Å². The predicted molar refractivity (Wildman–Crippen MR) is 61.2 cm³/mol. The zero-order valence-electron chi connectivity index (χ0n) is 8.99. The van der Waals surface area contributed by atoms with Gasteiger partial charge in [-0.25, -0.2) is 4.98 Å². The van der Waals surface area contributed by atoms with Gasteiger partial charge in [-0.15, -0.1) is 0 Å². The maximum absolute atomic E-state index is 5.54. The van der Waals surface area contributed by atoms with E-state index in [1.807, 2.05) is 19.2 Å². The van der Waals surface area contributed by atoms with Crippen molar-refractivity contribution in [1.82, 2.24) is 4.98 Å². The van der Waals surface area contributed by atoms with Gasteiger partial charge in [0.05, 0.1) is 6.10 Å². The summed E-state index contributed by atoms with van der Waals surface area (Å²) in [6.07, 6.45) is 4.52. The van der Waals surface area contributed by atoms with Gasteiger partial charge in [-0.2, -0.15) is 0 Å². The lowest BCUT2D eigenvalue weighted by Crippen LogP contribution is -2.18. The molecule has 4 heteroatoms. The zero-order valence-corrected chi connectivity index (χ0v) is 8.99. The fourth-order valence-corrected chi connectivity index (χ4v) is 1.71. The molecule has 1 atom stereocenters. The molecule has 4 nitrogen and oxygen atoms in total. The van der Waals surface area contributed by atoms with Crippen LogP contribution in [0.3, 0.4) is 0 Å².